The Hall–Kier alpha value is -0.720. The Morgan fingerprint density at radius 1 is 1.30 bits per heavy atom. The van der Waals surface area contributed by atoms with Gasteiger partial charge in [-0.05, 0) is 29.9 Å². The van der Waals surface area contributed by atoms with Gasteiger partial charge in [-0.15, -0.1) is 22.7 Å². The van der Waals surface area contributed by atoms with Gasteiger partial charge in [-0.1, -0.05) is 12.1 Å². The summed E-state index contributed by atoms with van der Waals surface area (Å²) in [5.74, 6) is 0. The summed E-state index contributed by atoms with van der Waals surface area (Å²) >= 11 is 3.62. The van der Waals surface area contributed by atoms with Gasteiger partial charge in [0.25, 0.3) is 0 Å². The molecule has 1 fully saturated rings. The molecule has 1 N–H and O–H groups in total. The third-order valence-electron chi connectivity index (χ3n) is 3.55. The molecule has 3 rings (SSSR count). The summed E-state index contributed by atoms with van der Waals surface area (Å²) in [6.07, 6.45) is 0.288. The van der Waals surface area contributed by atoms with Crippen molar-refractivity contribution in [2.45, 2.75) is 12.1 Å². The van der Waals surface area contributed by atoms with E-state index in [1.165, 1.54) is 9.75 Å². The SMILES string of the molecule is CN1CCOC(CNC(c2cccs2)c2cccs2)C1. The molecule has 5 heteroatoms. The van der Waals surface area contributed by atoms with Gasteiger partial charge < -0.3 is 15.0 Å². The lowest BCUT2D eigenvalue weighted by Gasteiger charge is -2.31. The number of hydrogen-bond donors (Lipinski definition) is 1. The third kappa shape index (κ3) is 3.48. The first-order chi connectivity index (χ1) is 9.83. The molecule has 108 valence electrons. The van der Waals surface area contributed by atoms with Gasteiger partial charge in [0.05, 0.1) is 18.8 Å². The van der Waals surface area contributed by atoms with Crippen LogP contribution in [0, 0.1) is 0 Å². The molecule has 0 bridgehead atoms. The summed E-state index contributed by atoms with van der Waals surface area (Å²) in [4.78, 5) is 5.08. The van der Waals surface area contributed by atoms with Crippen LogP contribution in [-0.2, 0) is 4.74 Å². The first-order valence-electron chi connectivity index (χ1n) is 6.93. The molecule has 1 aliphatic heterocycles. The highest BCUT2D eigenvalue weighted by Crippen LogP contribution is 2.29. The van der Waals surface area contributed by atoms with E-state index in [0.717, 1.165) is 26.2 Å². The minimum atomic E-state index is 0.288. The zero-order chi connectivity index (χ0) is 13.8. The van der Waals surface area contributed by atoms with Crippen molar-refractivity contribution < 1.29 is 4.74 Å². The quantitative estimate of drug-likeness (QED) is 0.919. The van der Waals surface area contributed by atoms with Gasteiger partial charge in [-0.25, -0.2) is 0 Å². The van der Waals surface area contributed by atoms with E-state index < -0.39 is 0 Å². The lowest BCUT2D eigenvalue weighted by Crippen LogP contribution is -2.45. The average molecular weight is 308 g/mol. The van der Waals surface area contributed by atoms with Crippen molar-refractivity contribution in [1.82, 2.24) is 10.2 Å². The van der Waals surface area contributed by atoms with Gasteiger partial charge in [0.1, 0.15) is 0 Å². The van der Waals surface area contributed by atoms with Gasteiger partial charge in [-0.3, -0.25) is 0 Å². The predicted molar refractivity (Wildman–Crippen MR) is 85.7 cm³/mol. The fraction of sp³-hybridized carbons (Fsp3) is 0.467. The topological polar surface area (TPSA) is 24.5 Å². The molecule has 0 aliphatic carbocycles. The van der Waals surface area contributed by atoms with Crippen molar-refractivity contribution in [3.8, 4) is 0 Å². The Kier molecular flexibility index (Phi) is 4.86. The normalized spacial score (nSPS) is 20.6. The monoisotopic (exact) mass is 308 g/mol. The van der Waals surface area contributed by atoms with E-state index in [1.807, 2.05) is 22.7 Å². The number of hydrogen-bond acceptors (Lipinski definition) is 5. The second kappa shape index (κ2) is 6.83. The molecule has 1 unspecified atom stereocenters. The number of ether oxygens (including phenoxy) is 1. The van der Waals surface area contributed by atoms with Crippen molar-refractivity contribution >= 4 is 22.7 Å². The summed E-state index contributed by atoms with van der Waals surface area (Å²) in [6, 6.07) is 8.94. The summed E-state index contributed by atoms with van der Waals surface area (Å²) in [5, 5.41) is 7.97. The van der Waals surface area contributed by atoms with Crippen LogP contribution in [0.2, 0.25) is 0 Å². The van der Waals surface area contributed by atoms with Crippen LogP contribution in [-0.4, -0.2) is 44.3 Å². The van der Waals surface area contributed by atoms with Crippen molar-refractivity contribution in [2.75, 3.05) is 33.3 Å². The smallest absolute Gasteiger partial charge is 0.0826 e. The zero-order valence-electron chi connectivity index (χ0n) is 11.6. The second-order valence-corrected chi connectivity index (χ2v) is 7.09. The van der Waals surface area contributed by atoms with Crippen LogP contribution in [0.25, 0.3) is 0 Å². The first kappa shape index (κ1) is 14.2. The van der Waals surface area contributed by atoms with Crippen molar-refractivity contribution in [3.63, 3.8) is 0 Å². The number of nitrogens with zero attached hydrogens (tertiary/aromatic N) is 1. The maximum Gasteiger partial charge on any atom is 0.0826 e. The molecule has 2 aromatic rings. The number of nitrogens with one attached hydrogen (secondary N) is 1. The van der Waals surface area contributed by atoms with E-state index in [1.54, 1.807) is 0 Å². The molecule has 0 aromatic carbocycles. The van der Waals surface area contributed by atoms with Crippen LogP contribution in [0.1, 0.15) is 15.8 Å². The fourth-order valence-corrected chi connectivity index (χ4v) is 4.20. The summed E-state index contributed by atoms with van der Waals surface area (Å²) < 4.78 is 5.84. The molecular weight excluding hydrogens is 288 g/mol. The molecule has 3 heterocycles. The first-order valence-corrected chi connectivity index (χ1v) is 8.69. The molecule has 2 aromatic heterocycles. The van der Waals surface area contributed by atoms with Gasteiger partial charge in [0, 0.05) is 29.4 Å². The van der Waals surface area contributed by atoms with Crippen molar-refractivity contribution in [1.29, 1.82) is 0 Å². The van der Waals surface area contributed by atoms with Gasteiger partial charge in [0.15, 0.2) is 0 Å². The Morgan fingerprint density at radius 2 is 2.00 bits per heavy atom. The molecular formula is C15H20N2OS2. The Morgan fingerprint density at radius 3 is 2.55 bits per heavy atom. The highest BCUT2D eigenvalue weighted by molar-refractivity contribution is 7.11. The largest absolute Gasteiger partial charge is 0.374 e. The maximum atomic E-state index is 5.84. The van der Waals surface area contributed by atoms with Crippen molar-refractivity contribution in [3.05, 3.63) is 44.8 Å². The Bertz CT molecular complexity index is 464. The number of likely N-dealkylation sites (N-methyl/N-ethyl adjacent to an activating group) is 1. The molecule has 20 heavy (non-hydrogen) atoms. The minimum absolute atomic E-state index is 0.288. The molecule has 0 radical (unpaired) electrons. The van der Waals surface area contributed by atoms with Crippen molar-refractivity contribution in [2.24, 2.45) is 0 Å². The Labute approximate surface area is 128 Å². The van der Waals surface area contributed by atoms with E-state index in [2.05, 4.69) is 52.3 Å². The van der Waals surface area contributed by atoms with Crippen LogP contribution in [0.5, 0.6) is 0 Å². The fourth-order valence-electron chi connectivity index (χ4n) is 2.49. The van der Waals surface area contributed by atoms with Gasteiger partial charge in [-0.2, -0.15) is 0 Å². The van der Waals surface area contributed by atoms with Gasteiger partial charge in [0.2, 0.25) is 0 Å². The maximum absolute atomic E-state index is 5.84. The summed E-state index contributed by atoms with van der Waals surface area (Å²) in [6.45, 7) is 3.78. The van der Waals surface area contributed by atoms with E-state index in [9.17, 15) is 0 Å². The van der Waals surface area contributed by atoms with Gasteiger partial charge >= 0.3 is 0 Å². The van der Waals surface area contributed by atoms with E-state index in [4.69, 9.17) is 4.74 Å². The van der Waals surface area contributed by atoms with Crippen LogP contribution < -0.4 is 5.32 Å². The summed E-state index contributed by atoms with van der Waals surface area (Å²) in [5.41, 5.74) is 0. The molecule has 1 saturated heterocycles. The predicted octanol–water partition coefficient (Wildman–Crippen LogP) is 2.82. The third-order valence-corrected chi connectivity index (χ3v) is 5.42. The van der Waals surface area contributed by atoms with Crippen LogP contribution in [0.4, 0.5) is 0 Å². The molecule has 0 spiro atoms. The lowest BCUT2D eigenvalue weighted by molar-refractivity contribution is -0.0187. The standard InChI is InChI=1S/C15H20N2OS2/c1-17-6-7-18-12(11-17)10-16-15(13-4-2-8-19-13)14-5-3-9-20-14/h2-5,8-9,12,15-16H,6-7,10-11H2,1H3. The zero-order valence-corrected chi connectivity index (χ0v) is 13.3. The Balaban J connectivity index is 1.65. The van der Waals surface area contributed by atoms with Crippen LogP contribution in [0.15, 0.2) is 35.0 Å². The van der Waals surface area contributed by atoms with E-state index >= 15 is 0 Å². The minimum Gasteiger partial charge on any atom is -0.374 e. The number of rotatable bonds is 5. The molecule has 0 saturated carbocycles. The highest BCUT2D eigenvalue weighted by Gasteiger charge is 2.21. The number of morpholine rings is 1. The molecule has 3 nitrogen and oxygen atoms in total. The molecule has 1 aliphatic rings. The van der Waals surface area contributed by atoms with Crippen LogP contribution in [0.3, 0.4) is 0 Å². The van der Waals surface area contributed by atoms with Crippen LogP contribution >= 0.6 is 22.7 Å². The average Bonchev–Trinajstić information content (AvgIpc) is 3.12. The van der Waals surface area contributed by atoms with E-state index in [0.29, 0.717) is 6.04 Å². The van der Waals surface area contributed by atoms with E-state index in [-0.39, 0.29) is 6.10 Å². The summed E-state index contributed by atoms with van der Waals surface area (Å²) in [7, 11) is 2.16. The lowest BCUT2D eigenvalue weighted by atomic mass is 10.2. The molecule has 1 atom stereocenters. The number of thiophene rings is 2. The second-order valence-electron chi connectivity index (χ2n) is 5.13. The highest BCUT2D eigenvalue weighted by atomic mass is 32.1. The molecule has 0 amide bonds.